The summed E-state index contributed by atoms with van der Waals surface area (Å²) in [6.45, 7) is 6.14. The first-order chi connectivity index (χ1) is 9.60. The summed E-state index contributed by atoms with van der Waals surface area (Å²) >= 11 is 0. The molecular formula is C18H21NO. The number of carbonyl (C=O) groups is 1. The summed E-state index contributed by atoms with van der Waals surface area (Å²) < 4.78 is 0. The number of carbonyl (C=O) groups excluding carboxylic acids is 1. The van der Waals surface area contributed by atoms with E-state index in [2.05, 4.69) is 43.4 Å². The Balaban J connectivity index is 2.14. The average Bonchev–Trinajstić information content (AvgIpc) is 2.45. The smallest absolute Gasteiger partial charge is 0.251 e. The molecule has 2 heteroatoms. The molecule has 1 atom stereocenters. The normalized spacial score (nSPS) is 11.9. The molecule has 20 heavy (non-hydrogen) atoms. The molecule has 0 aliphatic carbocycles. The zero-order chi connectivity index (χ0) is 14.5. The summed E-state index contributed by atoms with van der Waals surface area (Å²) in [6, 6.07) is 16.1. The molecule has 1 amide bonds. The SMILES string of the molecule is CCC(NC(=O)c1cccc(C)c1)c1ccc(C)cc1. The number of amides is 1. The van der Waals surface area contributed by atoms with Gasteiger partial charge in [0, 0.05) is 5.56 Å². The first-order valence-corrected chi connectivity index (χ1v) is 7.04. The lowest BCUT2D eigenvalue weighted by molar-refractivity contribution is 0.0935. The number of benzene rings is 2. The van der Waals surface area contributed by atoms with Gasteiger partial charge < -0.3 is 5.32 Å². The van der Waals surface area contributed by atoms with Crippen LogP contribution in [0.3, 0.4) is 0 Å². The van der Waals surface area contributed by atoms with Crippen molar-refractivity contribution in [1.29, 1.82) is 0 Å². The van der Waals surface area contributed by atoms with E-state index in [1.165, 1.54) is 5.56 Å². The highest BCUT2D eigenvalue weighted by molar-refractivity contribution is 5.94. The van der Waals surface area contributed by atoms with E-state index in [4.69, 9.17) is 0 Å². The second-order valence-electron chi connectivity index (χ2n) is 5.21. The van der Waals surface area contributed by atoms with Crippen molar-refractivity contribution in [1.82, 2.24) is 5.32 Å². The summed E-state index contributed by atoms with van der Waals surface area (Å²) in [7, 11) is 0. The van der Waals surface area contributed by atoms with Gasteiger partial charge in [-0.15, -0.1) is 0 Å². The molecule has 0 bridgehead atoms. The quantitative estimate of drug-likeness (QED) is 0.884. The molecular weight excluding hydrogens is 246 g/mol. The van der Waals surface area contributed by atoms with E-state index in [1.807, 2.05) is 31.2 Å². The van der Waals surface area contributed by atoms with Crippen molar-refractivity contribution >= 4 is 5.91 Å². The van der Waals surface area contributed by atoms with Gasteiger partial charge in [-0.25, -0.2) is 0 Å². The van der Waals surface area contributed by atoms with Crippen LogP contribution in [-0.4, -0.2) is 5.91 Å². The van der Waals surface area contributed by atoms with E-state index < -0.39 is 0 Å². The highest BCUT2D eigenvalue weighted by Gasteiger charge is 2.13. The lowest BCUT2D eigenvalue weighted by atomic mass is 10.0. The topological polar surface area (TPSA) is 29.1 Å². The van der Waals surface area contributed by atoms with Crippen LogP contribution in [0.2, 0.25) is 0 Å². The maximum atomic E-state index is 12.3. The zero-order valence-electron chi connectivity index (χ0n) is 12.3. The van der Waals surface area contributed by atoms with Crippen LogP contribution in [0.15, 0.2) is 48.5 Å². The minimum Gasteiger partial charge on any atom is -0.345 e. The molecule has 0 heterocycles. The minimum absolute atomic E-state index is 0.0128. The molecule has 0 aliphatic rings. The van der Waals surface area contributed by atoms with E-state index in [-0.39, 0.29) is 11.9 Å². The molecule has 0 aliphatic heterocycles. The van der Waals surface area contributed by atoms with Crippen molar-refractivity contribution in [3.05, 3.63) is 70.8 Å². The van der Waals surface area contributed by atoms with E-state index in [9.17, 15) is 4.79 Å². The molecule has 2 aromatic carbocycles. The first kappa shape index (κ1) is 14.3. The highest BCUT2D eigenvalue weighted by Crippen LogP contribution is 2.18. The molecule has 0 spiro atoms. The number of nitrogens with one attached hydrogen (secondary N) is 1. The molecule has 1 unspecified atom stereocenters. The number of hydrogen-bond donors (Lipinski definition) is 1. The second kappa shape index (κ2) is 6.38. The molecule has 0 saturated carbocycles. The van der Waals surface area contributed by atoms with E-state index in [1.54, 1.807) is 0 Å². The molecule has 104 valence electrons. The molecule has 2 nitrogen and oxygen atoms in total. The van der Waals surface area contributed by atoms with Crippen LogP contribution in [0.1, 0.15) is 46.4 Å². The molecule has 2 rings (SSSR count). The van der Waals surface area contributed by atoms with E-state index in [0.717, 1.165) is 23.1 Å². The van der Waals surface area contributed by atoms with Gasteiger partial charge >= 0.3 is 0 Å². The lowest BCUT2D eigenvalue weighted by Crippen LogP contribution is -2.28. The van der Waals surface area contributed by atoms with Crippen molar-refractivity contribution in [2.24, 2.45) is 0 Å². The van der Waals surface area contributed by atoms with Gasteiger partial charge in [-0.2, -0.15) is 0 Å². The Morgan fingerprint density at radius 1 is 1.05 bits per heavy atom. The fourth-order valence-electron chi connectivity index (χ4n) is 2.25. The van der Waals surface area contributed by atoms with Gasteiger partial charge in [-0.05, 0) is 38.0 Å². The van der Waals surface area contributed by atoms with Crippen molar-refractivity contribution in [2.75, 3.05) is 0 Å². The molecule has 1 N–H and O–H groups in total. The Hall–Kier alpha value is -2.09. The molecule has 0 aromatic heterocycles. The van der Waals surface area contributed by atoms with E-state index >= 15 is 0 Å². The van der Waals surface area contributed by atoms with Crippen molar-refractivity contribution in [3.63, 3.8) is 0 Å². The Kier molecular flexibility index (Phi) is 4.57. The molecule has 0 saturated heterocycles. The molecule has 0 radical (unpaired) electrons. The van der Waals surface area contributed by atoms with Crippen LogP contribution in [0, 0.1) is 13.8 Å². The summed E-state index contributed by atoms with van der Waals surface area (Å²) in [4.78, 5) is 12.3. The first-order valence-electron chi connectivity index (χ1n) is 7.04. The van der Waals surface area contributed by atoms with Gasteiger partial charge in [-0.1, -0.05) is 54.4 Å². The van der Waals surface area contributed by atoms with Crippen molar-refractivity contribution in [3.8, 4) is 0 Å². The van der Waals surface area contributed by atoms with Crippen LogP contribution >= 0.6 is 0 Å². The predicted molar refractivity (Wildman–Crippen MR) is 82.9 cm³/mol. The monoisotopic (exact) mass is 267 g/mol. The summed E-state index contributed by atoms with van der Waals surface area (Å²) in [5, 5.41) is 3.11. The Bertz CT molecular complexity index is 587. The summed E-state index contributed by atoms with van der Waals surface area (Å²) in [6.07, 6.45) is 0.876. The summed E-state index contributed by atoms with van der Waals surface area (Å²) in [5.41, 5.74) is 4.20. The molecule has 2 aromatic rings. The van der Waals surface area contributed by atoms with E-state index in [0.29, 0.717) is 0 Å². The Labute approximate surface area is 120 Å². The predicted octanol–water partition coefficient (Wildman–Crippen LogP) is 4.18. The number of aryl methyl sites for hydroxylation is 2. The van der Waals surface area contributed by atoms with Crippen LogP contribution in [0.4, 0.5) is 0 Å². The largest absolute Gasteiger partial charge is 0.345 e. The fraction of sp³-hybridized carbons (Fsp3) is 0.278. The number of rotatable bonds is 4. The Morgan fingerprint density at radius 2 is 1.75 bits per heavy atom. The van der Waals surface area contributed by atoms with Crippen LogP contribution in [0.25, 0.3) is 0 Å². The van der Waals surface area contributed by atoms with Gasteiger partial charge in [0.25, 0.3) is 5.91 Å². The van der Waals surface area contributed by atoms with Crippen LogP contribution in [-0.2, 0) is 0 Å². The third-order valence-corrected chi connectivity index (χ3v) is 3.47. The summed E-state index contributed by atoms with van der Waals surface area (Å²) in [5.74, 6) is -0.0128. The fourth-order valence-corrected chi connectivity index (χ4v) is 2.25. The maximum Gasteiger partial charge on any atom is 0.251 e. The van der Waals surface area contributed by atoms with Crippen molar-refractivity contribution < 1.29 is 4.79 Å². The van der Waals surface area contributed by atoms with Gasteiger partial charge in [0.1, 0.15) is 0 Å². The average molecular weight is 267 g/mol. The zero-order valence-corrected chi connectivity index (χ0v) is 12.3. The maximum absolute atomic E-state index is 12.3. The third kappa shape index (κ3) is 3.47. The number of hydrogen-bond acceptors (Lipinski definition) is 1. The van der Waals surface area contributed by atoms with Gasteiger partial charge in [-0.3, -0.25) is 4.79 Å². The van der Waals surface area contributed by atoms with Gasteiger partial charge in [0.2, 0.25) is 0 Å². The standard InChI is InChI=1S/C18H21NO/c1-4-17(15-10-8-13(2)9-11-15)19-18(20)16-7-5-6-14(3)12-16/h5-12,17H,4H2,1-3H3,(H,19,20). The second-order valence-corrected chi connectivity index (χ2v) is 5.21. The minimum atomic E-state index is -0.0128. The van der Waals surface area contributed by atoms with Crippen molar-refractivity contribution in [2.45, 2.75) is 33.2 Å². The van der Waals surface area contributed by atoms with Gasteiger partial charge in [0.15, 0.2) is 0 Å². The third-order valence-electron chi connectivity index (χ3n) is 3.47. The van der Waals surface area contributed by atoms with Crippen LogP contribution in [0.5, 0.6) is 0 Å². The van der Waals surface area contributed by atoms with Crippen LogP contribution < -0.4 is 5.32 Å². The Morgan fingerprint density at radius 3 is 2.35 bits per heavy atom. The highest BCUT2D eigenvalue weighted by atomic mass is 16.1. The molecule has 0 fully saturated rings. The van der Waals surface area contributed by atoms with Gasteiger partial charge in [0.05, 0.1) is 6.04 Å². The lowest BCUT2D eigenvalue weighted by Gasteiger charge is -2.18.